The van der Waals surface area contributed by atoms with Crippen molar-refractivity contribution in [3.05, 3.63) is 65.2 Å². The first kappa shape index (κ1) is 23.5. The van der Waals surface area contributed by atoms with Gasteiger partial charge < -0.3 is 15.0 Å². The van der Waals surface area contributed by atoms with Crippen LogP contribution in [0.2, 0.25) is 0 Å². The largest absolute Gasteiger partial charge is 0.469 e. The Bertz CT molecular complexity index is 1130. The second kappa shape index (κ2) is 9.29. The minimum Gasteiger partial charge on any atom is -0.469 e. The molecule has 1 N–H and O–H groups in total. The quantitative estimate of drug-likeness (QED) is 0.637. The van der Waals surface area contributed by atoms with Gasteiger partial charge >= 0.3 is 5.97 Å². The number of anilines is 1. The summed E-state index contributed by atoms with van der Waals surface area (Å²) in [5.74, 6) is -0.946. The van der Waals surface area contributed by atoms with Gasteiger partial charge in [-0.2, -0.15) is 0 Å². The van der Waals surface area contributed by atoms with E-state index in [-0.39, 0.29) is 37.1 Å². The number of esters is 1. The zero-order chi connectivity index (χ0) is 24.5. The second-order valence-electron chi connectivity index (χ2n) is 8.98. The minimum atomic E-state index is -0.814. The van der Waals surface area contributed by atoms with Crippen molar-refractivity contribution < 1.29 is 23.9 Å². The van der Waals surface area contributed by atoms with E-state index in [0.29, 0.717) is 24.1 Å². The smallest absolute Gasteiger partial charge is 0.307 e. The van der Waals surface area contributed by atoms with Crippen LogP contribution in [0.5, 0.6) is 0 Å². The maximum Gasteiger partial charge on any atom is 0.307 e. The molecular weight excluding hydrogens is 434 g/mol. The Morgan fingerprint density at radius 1 is 1.12 bits per heavy atom. The predicted octanol–water partition coefficient (Wildman–Crippen LogP) is 3.10. The average molecular weight is 464 g/mol. The summed E-state index contributed by atoms with van der Waals surface area (Å²) in [5, 5.41) is 2.91. The highest BCUT2D eigenvalue weighted by molar-refractivity contribution is 6.10. The average Bonchev–Trinajstić information content (AvgIpc) is 3.13. The lowest BCUT2D eigenvalue weighted by Crippen LogP contribution is -2.62. The highest BCUT2D eigenvalue weighted by Crippen LogP contribution is 2.43. The third kappa shape index (κ3) is 4.27. The Balaban J connectivity index is 1.51. The van der Waals surface area contributed by atoms with Gasteiger partial charge in [0.05, 0.1) is 30.8 Å². The number of fused-ring (bicyclic) bond motifs is 3. The summed E-state index contributed by atoms with van der Waals surface area (Å²) >= 11 is 0. The maximum absolute atomic E-state index is 13.3. The number of nitrogens with one attached hydrogen (secondary N) is 1. The molecule has 2 unspecified atom stereocenters. The molecule has 178 valence electrons. The van der Waals surface area contributed by atoms with Gasteiger partial charge in [-0.05, 0) is 38.0 Å². The van der Waals surface area contributed by atoms with Crippen molar-refractivity contribution in [2.75, 3.05) is 18.6 Å². The molecule has 0 aliphatic carbocycles. The van der Waals surface area contributed by atoms with Crippen molar-refractivity contribution in [2.45, 2.75) is 51.2 Å². The zero-order valence-corrected chi connectivity index (χ0v) is 19.7. The first-order valence-corrected chi connectivity index (χ1v) is 11.4. The number of para-hydroxylation sites is 1. The Morgan fingerprint density at radius 3 is 2.53 bits per heavy atom. The number of hydrogen-bond acceptors (Lipinski definition) is 5. The number of carbonyl (C=O) groups excluding carboxylic acids is 4. The molecule has 2 aliphatic rings. The summed E-state index contributed by atoms with van der Waals surface area (Å²) in [5.41, 5.74) is 2.13. The molecule has 1 saturated heterocycles. The van der Waals surface area contributed by atoms with Gasteiger partial charge in [0, 0.05) is 19.4 Å². The summed E-state index contributed by atoms with van der Waals surface area (Å²) in [6, 6.07) is 14.1. The topological polar surface area (TPSA) is 96.0 Å². The lowest BCUT2D eigenvalue weighted by atomic mass is 9.98. The fourth-order valence-corrected chi connectivity index (χ4v) is 4.82. The summed E-state index contributed by atoms with van der Waals surface area (Å²) < 4.78 is 4.80. The lowest BCUT2D eigenvalue weighted by molar-refractivity contribution is -0.141. The highest BCUT2D eigenvalue weighted by Gasteiger charge is 2.52. The zero-order valence-electron chi connectivity index (χ0n) is 19.7. The molecular formula is C26H29N3O5. The third-order valence-corrected chi connectivity index (χ3v) is 6.72. The van der Waals surface area contributed by atoms with Gasteiger partial charge in [-0.3, -0.25) is 24.1 Å². The van der Waals surface area contributed by atoms with Gasteiger partial charge in [0.2, 0.25) is 11.8 Å². The van der Waals surface area contributed by atoms with Crippen LogP contribution in [0.1, 0.15) is 60.1 Å². The number of methoxy groups -OCH3 is 1. The van der Waals surface area contributed by atoms with Gasteiger partial charge in [0.1, 0.15) is 5.66 Å². The fraction of sp³-hybridized carbons (Fsp3) is 0.385. The number of carbonyl (C=O) groups is 4. The summed E-state index contributed by atoms with van der Waals surface area (Å²) in [6.07, 6.45) is 0.883. The molecule has 0 bridgehead atoms. The molecule has 8 nitrogen and oxygen atoms in total. The van der Waals surface area contributed by atoms with Crippen molar-refractivity contribution in [1.29, 1.82) is 0 Å². The molecule has 2 aromatic carbocycles. The predicted molar refractivity (Wildman–Crippen MR) is 126 cm³/mol. The monoisotopic (exact) mass is 463 g/mol. The van der Waals surface area contributed by atoms with Gasteiger partial charge in [-0.1, -0.05) is 42.0 Å². The van der Waals surface area contributed by atoms with Crippen LogP contribution >= 0.6 is 0 Å². The van der Waals surface area contributed by atoms with Crippen LogP contribution in [0.4, 0.5) is 5.69 Å². The van der Waals surface area contributed by atoms with Crippen LogP contribution in [0.3, 0.4) is 0 Å². The van der Waals surface area contributed by atoms with E-state index in [2.05, 4.69) is 5.32 Å². The molecule has 1 fully saturated rings. The number of rotatable bonds is 7. The van der Waals surface area contributed by atoms with E-state index in [0.717, 1.165) is 11.1 Å². The summed E-state index contributed by atoms with van der Waals surface area (Å²) in [4.78, 5) is 54.2. The molecule has 4 rings (SSSR count). The Hall–Kier alpha value is -3.68. The molecule has 2 aromatic rings. The molecule has 0 saturated carbocycles. The van der Waals surface area contributed by atoms with Crippen LogP contribution in [0.15, 0.2) is 48.5 Å². The van der Waals surface area contributed by atoms with E-state index in [1.165, 1.54) is 7.11 Å². The van der Waals surface area contributed by atoms with Gasteiger partial charge in [0.25, 0.3) is 5.91 Å². The molecule has 0 radical (unpaired) electrons. The van der Waals surface area contributed by atoms with E-state index in [1.54, 1.807) is 28.0 Å². The number of ether oxygens (including phenoxy) is 1. The number of hydrogen-bond donors (Lipinski definition) is 1. The van der Waals surface area contributed by atoms with E-state index < -0.39 is 17.7 Å². The minimum absolute atomic E-state index is 0.00131. The first-order valence-electron chi connectivity index (χ1n) is 11.4. The molecule has 8 heteroatoms. The molecule has 0 aromatic heterocycles. The number of benzene rings is 2. The summed E-state index contributed by atoms with van der Waals surface area (Å²) in [7, 11) is 1.31. The Kier molecular flexibility index (Phi) is 6.41. The number of amides is 3. The van der Waals surface area contributed by atoms with Crippen molar-refractivity contribution in [1.82, 2.24) is 10.2 Å². The normalized spacial score (nSPS) is 20.0. The molecule has 34 heavy (non-hydrogen) atoms. The van der Waals surface area contributed by atoms with E-state index in [1.807, 2.05) is 44.2 Å². The van der Waals surface area contributed by atoms with Gasteiger partial charge in [0.15, 0.2) is 0 Å². The fourth-order valence-electron chi connectivity index (χ4n) is 4.82. The summed E-state index contributed by atoms with van der Waals surface area (Å²) in [6.45, 7) is 3.98. The van der Waals surface area contributed by atoms with E-state index >= 15 is 0 Å². The first-order chi connectivity index (χ1) is 16.2. The van der Waals surface area contributed by atoms with Crippen molar-refractivity contribution in [2.24, 2.45) is 0 Å². The Morgan fingerprint density at radius 2 is 1.82 bits per heavy atom. The van der Waals surface area contributed by atoms with Crippen LogP contribution in [0, 0.1) is 6.92 Å². The number of aryl methyl sites for hydroxylation is 1. The second-order valence-corrected chi connectivity index (χ2v) is 8.98. The van der Waals surface area contributed by atoms with Gasteiger partial charge in [-0.15, -0.1) is 0 Å². The van der Waals surface area contributed by atoms with E-state index in [9.17, 15) is 19.2 Å². The SMILES string of the molecule is COC(=O)CC(NC(=O)CCN1C(=O)c2ccccc2N2C(=O)CCC12C)c1ccc(C)cc1. The van der Waals surface area contributed by atoms with Gasteiger partial charge in [-0.25, -0.2) is 0 Å². The molecule has 2 atom stereocenters. The highest BCUT2D eigenvalue weighted by atomic mass is 16.5. The molecule has 2 aliphatic heterocycles. The van der Waals surface area contributed by atoms with Crippen molar-refractivity contribution >= 4 is 29.4 Å². The number of nitrogens with zero attached hydrogens (tertiary/aromatic N) is 2. The van der Waals surface area contributed by atoms with Crippen LogP contribution in [-0.4, -0.2) is 47.9 Å². The third-order valence-electron chi connectivity index (χ3n) is 6.72. The van der Waals surface area contributed by atoms with Crippen LogP contribution < -0.4 is 10.2 Å². The van der Waals surface area contributed by atoms with Crippen molar-refractivity contribution in [3.63, 3.8) is 0 Å². The molecule has 2 heterocycles. The van der Waals surface area contributed by atoms with Crippen LogP contribution in [-0.2, 0) is 19.1 Å². The molecule has 0 spiro atoms. The van der Waals surface area contributed by atoms with Crippen molar-refractivity contribution in [3.8, 4) is 0 Å². The molecule has 3 amide bonds. The van der Waals surface area contributed by atoms with Crippen LogP contribution in [0.25, 0.3) is 0 Å². The maximum atomic E-state index is 13.3. The standard InChI is InChI=1S/C26H29N3O5/c1-17-8-10-18(11-9-17)20(16-24(32)34-3)27-22(30)13-15-28-25(33)19-6-4-5-7-21(19)29-23(31)12-14-26(28,29)2/h4-11,20H,12-16H2,1-3H3,(H,27,30). The lowest BCUT2D eigenvalue weighted by Gasteiger charge is -2.48. The Labute approximate surface area is 198 Å². The van der Waals surface area contributed by atoms with E-state index in [4.69, 9.17) is 4.74 Å².